The van der Waals surface area contributed by atoms with Crippen LogP contribution in [-0.4, -0.2) is 48.6 Å². The molecule has 2 atom stereocenters. The Balaban J connectivity index is 2.56. The van der Waals surface area contributed by atoms with Gasteiger partial charge in [0.1, 0.15) is 6.67 Å². The molecule has 1 N–H and O–H groups in total. The first kappa shape index (κ1) is 9.25. The summed E-state index contributed by atoms with van der Waals surface area (Å²) < 4.78 is 17.2. The molecule has 1 rings (SSSR count). The van der Waals surface area contributed by atoms with Gasteiger partial charge in [0, 0.05) is 7.11 Å². The first-order valence-corrected chi connectivity index (χ1v) is 3.77. The highest BCUT2D eigenvalue weighted by Gasteiger charge is 2.35. The molecular weight excluding hydrogens is 165 g/mol. The maximum absolute atomic E-state index is 12.3. The van der Waals surface area contributed by atoms with Crippen LogP contribution < -0.4 is 0 Å². The fourth-order valence-electron chi connectivity index (χ4n) is 1.43. The lowest BCUT2D eigenvalue weighted by Crippen LogP contribution is -2.35. The van der Waals surface area contributed by atoms with Crippen LogP contribution in [0, 0.1) is 0 Å². The molecule has 12 heavy (non-hydrogen) atoms. The number of rotatable bonds is 2. The number of ether oxygens (including phenoxy) is 1. The fourth-order valence-corrected chi connectivity index (χ4v) is 1.43. The second kappa shape index (κ2) is 3.71. The van der Waals surface area contributed by atoms with Crippen LogP contribution in [0.1, 0.15) is 6.42 Å². The van der Waals surface area contributed by atoms with Crippen molar-refractivity contribution < 1.29 is 19.0 Å². The molecule has 0 spiro atoms. The van der Waals surface area contributed by atoms with Crippen molar-refractivity contribution in [3.8, 4) is 0 Å². The van der Waals surface area contributed by atoms with Crippen molar-refractivity contribution in [3.05, 3.63) is 0 Å². The maximum Gasteiger partial charge on any atom is 0.407 e. The lowest BCUT2D eigenvalue weighted by Gasteiger charge is -2.17. The molecule has 0 aromatic carbocycles. The molecule has 5 heteroatoms. The molecule has 0 aromatic heterocycles. The summed E-state index contributed by atoms with van der Waals surface area (Å²) in [5.41, 5.74) is 0. The van der Waals surface area contributed by atoms with Gasteiger partial charge in [-0.3, -0.25) is 0 Å². The Kier molecular flexibility index (Phi) is 2.86. The van der Waals surface area contributed by atoms with Gasteiger partial charge < -0.3 is 14.7 Å². The normalized spacial score (nSPS) is 29.3. The van der Waals surface area contributed by atoms with Crippen LogP contribution in [0.2, 0.25) is 0 Å². The van der Waals surface area contributed by atoms with Crippen LogP contribution in [-0.2, 0) is 4.74 Å². The Morgan fingerprint density at radius 2 is 2.50 bits per heavy atom. The predicted molar refractivity (Wildman–Crippen MR) is 39.9 cm³/mol. The number of halogens is 1. The van der Waals surface area contributed by atoms with E-state index in [9.17, 15) is 9.18 Å². The second-order valence-electron chi connectivity index (χ2n) is 2.84. The third kappa shape index (κ3) is 1.66. The van der Waals surface area contributed by atoms with Crippen LogP contribution in [0.3, 0.4) is 0 Å². The number of nitrogens with zero attached hydrogens (tertiary/aromatic N) is 1. The molecule has 0 radical (unpaired) electrons. The van der Waals surface area contributed by atoms with Crippen molar-refractivity contribution in [1.29, 1.82) is 0 Å². The highest BCUT2D eigenvalue weighted by atomic mass is 19.1. The number of likely N-dealkylation sites (tertiary alicyclic amines) is 1. The lowest BCUT2D eigenvalue weighted by molar-refractivity contribution is 0.102. The number of methoxy groups -OCH3 is 1. The van der Waals surface area contributed by atoms with Gasteiger partial charge in [0.25, 0.3) is 0 Å². The van der Waals surface area contributed by atoms with Gasteiger partial charge in [-0.25, -0.2) is 9.18 Å². The molecule has 4 nitrogen and oxygen atoms in total. The average Bonchev–Trinajstić information content (AvgIpc) is 2.47. The van der Waals surface area contributed by atoms with Crippen LogP contribution in [0.25, 0.3) is 0 Å². The molecule has 0 aliphatic carbocycles. The number of carbonyl (C=O) groups is 1. The molecular formula is C7H12FNO3. The zero-order valence-electron chi connectivity index (χ0n) is 6.86. The van der Waals surface area contributed by atoms with E-state index in [0.29, 0.717) is 6.42 Å². The smallest absolute Gasteiger partial charge is 0.407 e. The Morgan fingerprint density at radius 3 is 2.83 bits per heavy atom. The molecule has 1 fully saturated rings. The topological polar surface area (TPSA) is 49.8 Å². The maximum atomic E-state index is 12.3. The summed E-state index contributed by atoms with van der Waals surface area (Å²) in [4.78, 5) is 11.6. The SMILES string of the molecule is CO[C@@H]1C[C@@H](CF)N(C(=O)O)C1. The summed E-state index contributed by atoms with van der Waals surface area (Å²) in [6, 6.07) is -0.521. The molecule has 0 bridgehead atoms. The van der Waals surface area contributed by atoms with Gasteiger partial charge in [-0.1, -0.05) is 0 Å². The van der Waals surface area contributed by atoms with Crippen molar-refractivity contribution >= 4 is 6.09 Å². The lowest BCUT2D eigenvalue weighted by atomic mass is 10.2. The van der Waals surface area contributed by atoms with E-state index in [1.165, 1.54) is 7.11 Å². The summed E-state index contributed by atoms with van der Waals surface area (Å²) in [7, 11) is 1.51. The van der Waals surface area contributed by atoms with Crippen molar-refractivity contribution in [2.75, 3.05) is 20.3 Å². The summed E-state index contributed by atoms with van der Waals surface area (Å²) in [6.07, 6.45) is -0.765. The number of hydrogen-bond acceptors (Lipinski definition) is 2. The van der Waals surface area contributed by atoms with E-state index in [0.717, 1.165) is 4.90 Å². The average molecular weight is 177 g/mol. The Hall–Kier alpha value is -0.840. The summed E-state index contributed by atoms with van der Waals surface area (Å²) in [5.74, 6) is 0. The summed E-state index contributed by atoms with van der Waals surface area (Å²) >= 11 is 0. The molecule has 1 saturated heterocycles. The molecule has 1 amide bonds. The summed E-state index contributed by atoms with van der Waals surface area (Å²) in [6.45, 7) is -0.355. The zero-order chi connectivity index (χ0) is 9.14. The van der Waals surface area contributed by atoms with Gasteiger partial charge in [0.15, 0.2) is 0 Å². The largest absolute Gasteiger partial charge is 0.465 e. The van der Waals surface area contributed by atoms with Crippen LogP contribution in [0.15, 0.2) is 0 Å². The first-order chi connectivity index (χ1) is 5.69. The third-order valence-electron chi connectivity index (χ3n) is 2.13. The number of hydrogen-bond donors (Lipinski definition) is 1. The molecule has 70 valence electrons. The molecule has 0 aromatic rings. The third-order valence-corrected chi connectivity index (χ3v) is 2.13. The van der Waals surface area contributed by atoms with Crippen molar-refractivity contribution in [1.82, 2.24) is 4.90 Å². The van der Waals surface area contributed by atoms with E-state index < -0.39 is 18.8 Å². The number of carboxylic acid groups (broad SMARTS) is 1. The van der Waals surface area contributed by atoms with Crippen LogP contribution >= 0.6 is 0 Å². The van der Waals surface area contributed by atoms with Crippen molar-refractivity contribution in [2.45, 2.75) is 18.6 Å². The Morgan fingerprint density at radius 1 is 1.83 bits per heavy atom. The Labute approximate surface area is 69.9 Å². The molecule has 0 unspecified atom stereocenters. The zero-order valence-corrected chi connectivity index (χ0v) is 6.86. The number of amides is 1. The van der Waals surface area contributed by atoms with E-state index in [-0.39, 0.29) is 12.6 Å². The van der Waals surface area contributed by atoms with E-state index in [1.54, 1.807) is 0 Å². The Bertz CT molecular complexity index is 176. The van der Waals surface area contributed by atoms with E-state index >= 15 is 0 Å². The van der Waals surface area contributed by atoms with Gasteiger partial charge >= 0.3 is 6.09 Å². The monoisotopic (exact) mass is 177 g/mol. The van der Waals surface area contributed by atoms with Gasteiger partial charge in [-0.15, -0.1) is 0 Å². The highest BCUT2D eigenvalue weighted by molar-refractivity contribution is 5.66. The van der Waals surface area contributed by atoms with Crippen molar-refractivity contribution in [3.63, 3.8) is 0 Å². The van der Waals surface area contributed by atoms with E-state index in [4.69, 9.17) is 9.84 Å². The van der Waals surface area contributed by atoms with Crippen LogP contribution in [0.5, 0.6) is 0 Å². The minimum absolute atomic E-state index is 0.151. The fraction of sp³-hybridized carbons (Fsp3) is 0.857. The first-order valence-electron chi connectivity index (χ1n) is 3.77. The van der Waals surface area contributed by atoms with E-state index in [2.05, 4.69) is 0 Å². The molecule has 0 saturated carbocycles. The van der Waals surface area contributed by atoms with E-state index in [1.807, 2.05) is 0 Å². The highest BCUT2D eigenvalue weighted by Crippen LogP contribution is 2.20. The van der Waals surface area contributed by atoms with Gasteiger partial charge in [0.05, 0.1) is 18.7 Å². The minimum atomic E-state index is -1.07. The summed E-state index contributed by atoms with van der Waals surface area (Å²) in [5, 5.41) is 8.63. The van der Waals surface area contributed by atoms with Crippen LogP contribution in [0.4, 0.5) is 9.18 Å². The predicted octanol–water partition coefficient (Wildman–Crippen LogP) is 0.723. The molecule has 1 aliphatic heterocycles. The molecule has 1 aliphatic rings. The standard InChI is InChI=1S/C7H12FNO3/c1-12-6-2-5(3-8)9(4-6)7(10)11/h5-6H,2-4H2,1H3,(H,10,11)/t5-,6+/m0/s1. The second-order valence-corrected chi connectivity index (χ2v) is 2.84. The number of alkyl halides is 1. The quantitative estimate of drug-likeness (QED) is 0.676. The molecule has 1 heterocycles. The van der Waals surface area contributed by atoms with Crippen molar-refractivity contribution in [2.24, 2.45) is 0 Å². The van der Waals surface area contributed by atoms with Gasteiger partial charge in [-0.05, 0) is 6.42 Å². The minimum Gasteiger partial charge on any atom is -0.465 e. The van der Waals surface area contributed by atoms with Gasteiger partial charge in [-0.2, -0.15) is 0 Å². The van der Waals surface area contributed by atoms with Gasteiger partial charge in [0.2, 0.25) is 0 Å².